The summed E-state index contributed by atoms with van der Waals surface area (Å²) in [4.78, 5) is 0.434. The zero-order valence-corrected chi connectivity index (χ0v) is 14.3. The van der Waals surface area contributed by atoms with Gasteiger partial charge in [-0.3, -0.25) is 0 Å². The zero-order valence-electron chi connectivity index (χ0n) is 11.0. The molecule has 1 aromatic rings. The van der Waals surface area contributed by atoms with E-state index in [0.29, 0.717) is 9.74 Å². The molecule has 0 aliphatic heterocycles. The fourth-order valence-electron chi connectivity index (χ4n) is 2.54. The molecule has 2 rings (SSSR count). The van der Waals surface area contributed by atoms with E-state index in [1.807, 2.05) is 30.0 Å². The monoisotopic (exact) mass is 358 g/mol. The molecule has 19 heavy (non-hydrogen) atoms. The number of nitrogens with one attached hydrogen (secondary N) is 1. The van der Waals surface area contributed by atoms with Crippen LogP contribution in [0.2, 0.25) is 0 Å². The summed E-state index contributed by atoms with van der Waals surface area (Å²) in [5.41, 5.74) is 7.64. The van der Waals surface area contributed by atoms with Crippen LogP contribution < -0.4 is 11.1 Å². The Kier molecular flexibility index (Phi) is 5.15. The van der Waals surface area contributed by atoms with Gasteiger partial charge in [0.25, 0.3) is 0 Å². The predicted molar refractivity (Wildman–Crippen MR) is 93.2 cm³/mol. The summed E-state index contributed by atoms with van der Waals surface area (Å²) in [6.45, 7) is 1.01. The topological polar surface area (TPSA) is 38.0 Å². The molecule has 0 heterocycles. The van der Waals surface area contributed by atoms with Crippen LogP contribution in [0.5, 0.6) is 0 Å². The zero-order chi connectivity index (χ0) is 13.9. The van der Waals surface area contributed by atoms with Crippen LogP contribution in [0.25, 0.3) is 0 Å². The molecule has 5 heteroatoms. The first kappa shape index (κ1) is 15.1. The molecular formula is C14H19BrN2S2. The molecule has 0 atom stereocenters. The van der Waals surface area contributed by atoms with Crippen LogP contribution in [0.15, 0.2) is 22.7 Å². The molecule has 1 fully saturated rings. The van der Waals surface area contributed by atoms with E-state index in [2.05, 4.69) is 27.5 Å². The second-order valence-corrected chi connectivity index (χ2v) is 7.58. The summed E-state index contributed by atoms with van der Waals surface area (Å²) in [6.07, 6.45) is 7.54. The van der Waals surface area contributed by atoms with Gasteiger partial charge in [-0.15, -0.1) is 0 Å². The van der Waals surface area contributed by atoms with E-state index < -0.39 is 0 Å². The molecule has 1 aromatic carbocycles. The lowest BCUT2D eigenvalue weighted by Gasteiger charge is -2.27. The third-order valence-corrected chi connectivity index (χ3v) is 6.11. The first-order valence-corrected chi connectivity index (χ1v) is 8.87. The normalized spacial score (nSPS) is 17.4. The summed E-state index contributed by atoms with van der Waals surface area (Å²) in [6, 6.07) is 5.99. The number of thiocarbonyl (C=S) groups is 1. The summed E-state index contributed by atoms with van der Waals surface area (Å²) in [7, 11) is 0. The Hall–Kier alpha value is -0.260. The van der Waals surface area contributed by atoms with Gasteiger partial charge in [-0.25, -0.2) is 0 Å². The van der Waals surface area contributed by atoms with Gasteiger partial charge in [-0.1, -0.05) is 25.1 Å². The highest BCUT2D eigenvalue weighted by Crippen LogP contribution is 2.40. The smallest absolute Gasteiger partial charge is 0.104 e. The van der Waals surface area contributed by atoms with E-state index in [4.69, 9.17) is 18.0 Å². The average Bonchev–Trinajstić information content (AvgIpc) is 2.86. The van der Waals surface area contributed by atoms with Gasteiger partial charge in [0.1, 0.15) is 4.99 Å². The molecule has 0 amide bonds. The fraction of sp³-hybridized carbons (Fsp3) is 0.500. The van der Waals surface area contributed by atoms with Crippen molar-refractivity contribution in [2.75, 3.05) is 18.1 Å². The summed E-state index contributed by atoms with van der Waals surface area (Å²) in [5.74, 6) is 0. The van der Waals surface area contributed by atoms with Crippen LogP contribution in [-0.4, -0.2) is 22.5 Å². The summed E-state index contributed by atoms with van der Waals surface area (Å²) < 4.78 is 1.42. The van der Waals surface area contributed by atoms with E-state index >= 15 is 0 Å². The molecular weight excluding hydrogens is 340 g/mol. The maximum absolute atomic E-state index is 5.64. The van der Waals surface area contributed by atoms with Gasteiger partial charge in [0.15, 0.2) is 0 Å². The minimum atomic E-state index is 0.404. The van der Waals surface area contributed by atoms with E-state index in [0.717, 1.165) is 22.3 Å². The Morgan fingerprint density at radius 1 is 1.47 bits per heavy atom. The molecule has 0 bridgehead atoms. The van der Waals surface area contributed by atoms with Crippen molar-refractivity contribution in [1.29, 1.82) is 0 Å². The van der Waals surface area contributed by atoms with E-state index in [-0.39, 0.29) is 0 Å². The quantitative estimate of drug-likeness (QED) is 0.774. The second kappa shape index (κ2) is 6.46. The highest BCUT2D eigenvalue weighted by molar-refractivity contribution is 9.10. The number of thioether (sulfide) groups is 1. The Morgan fingerprint density at radius 2 is 2.16 bits per heavy atom. The van der Waals surface area contributed by atoms with Crippen LogP contribution >= 0.6 is 39.9 Å². The Morgan fingerprint density at radius 3 is 2.68 bits per heavy atom. The number of rotatable bonds is 5. The Bertz CT molecular complexity index is 471. The minimum Gasteiger partial charge on any atom is -0.389 e. The number of hydrogen-bond donors (Lipinski definition) is 2. The molecule has 1 saturated carbocycles. The van der Waals surface area contributed by atoms with Gasteiger partial charge >= 0.3 is 0 Å². The van der Waals surface area contributed by atoms with Crippen molar-refractivity contribution in [1.82, 2.24) is 0 Å². The minimum absolute atomic E-state index is 0.404. The van der Waals surface area contributed by atoms with Crippen LogP contribution in [0.4, 0.5) is 5.69 Å². The van der Waals surface area contributed by atoms with Gasteiger partial charge in [0, 0.05) is 27.0 Å². The summed E-state index contributed by atoms with van der Waals surface area (Å²) in [5, 5.41) is 3.56. The Labute approximate surface area is 133 Å². The standard InChI is InChI=1S/C14H19BrN2S2/c1-19-14(6-2-3-7-14)9-17-12-5-4-10(13(16)18)8-11(12)15/h4-5,8,17H,2-3,6-7,9H2,1H3,(H2,16,18). The molecule has 1 aliphatic rings. The van der Waals surface area contributed by atoms with Crippen molar-refractivity contribution >= 4 is 50.6 Å². The fourth-order valence-corrected chi connectivity index (χ4v) is 4.10. The molecule has 1 aliphatic carbocycles. The third kappa shape index (κ3) is 3.64. The lowest BCUT2D eigenvalue weighted by molar-refractivity contribution is 0.640. The van der Waals surface area contributed by atoms with E-state index in [1.54, 1.807) is 0 Å². The number of hydrogen-bond acceptors (Lipinski definition) is 3. The average molecular weight is 359 g/mol. The van der Waals surface area contributed by atoms with Crippen molar-refractivity contribution in [3.05, 3.63) is 28.2 Å². The number of benzene rings is 1. The number of nitrogens with two attached hydrogens (primary N) is 1. The van der Waals surface area contributed by atoms with Gasteiger partial charge in [-0.05, 0) is 53.2 Å². The third-order valence-electron chi connectivity index (χ3n) is 3.80. The molecule has 0 spiro atoms. The van der Waals surface area contributed by atoms with Crippen LogP contribution in [0.1, 0.15) is 31.2 Å². The summed E-state index contributed by atoms with van der Waals surface area (Å²) >= 11 is 10.6. The van der Waals surface area contributed by atoms with Gasteiger partial charge in [-0.2, -0.15) is 11.8 Å². The first-order chi connectivity index (χ1) is 9.06. The van der Waals surface area contributed by atoms with E-state index in [9.17, 15) is 0 Å². The van der Waals surface area contributed by atoms with Crippen molar-refractivity contribution in [3.63, 3.8) is 0 Å². The number of anilines is 1. The van der Waals surface area contributed by atoms with Crippen molar-refractivity contribution in [3.8, 4) is 0 Å². The molecule has 104 valence electrons. The second-order valence-electron chi connectivity index (χ2n) is 5.01. The maximum atomic E-state index is 5.64. The van der Waals surface area contributed by atoms with Gasteiger partial charge in [0.2, 0.25) is 0 Å². The van der Waals surface area contributed by atoms with Crippen LogP contribution in [0.3, 0.4) is 0 Å². The molecule has 2 nitrogen and oxygen atoms in total. The van der Waals surface area contributed by atoms with Crippen molar-refractivity contribution in [2.45, 2.75) is 30.4 Å². The SMILES string of the molecule is CSC1(CNc2ccc(C(N)=S)cc2Br)CCCC1. The van der Waals surface area contributed by atoms with Crippen molar-refractivity contribution in [2.24, 2.45) is 5.73 Å². The molecule has 0 unspecified atom stereocenters. The van der Waals surface area contributed by atoms with Crippen LogP contribution in [0, 0.1) is 0 Å². The van der Waals surface area contributed by atoms with Gasteiger partial charge < -0.3 is 11.1 Å². The highest BCUT2D eigenvalue weighted by atomic mass is 79.9. The lowest BCUT2D eigenvalue weighted by Crippen LogP contribution is -2.30. The predicted octanol–water partition coefficient (Wildman–Crippen LogP) is 4.17. The molecule has 0 aromatic heterocycles. The lowest BCUT2D eigenvalue weighted by atomic mass is 10.1. The molecule has 3 N–H and O–H groups in total. The van der Waals surface area contributed by atoms with Crippen LogP contribution in [-0.2, 0) is 0 Å². The van der Waals surface area contributed by atoms with Gasteiger partial charge in [0.05, 0.1) is 0 Å². The maximum Gasteiger partial charge on any atom is 0.104 e. The largest absolute Gasteiger partial charge is 0.389 e. The number of halogens is 1. The Balaban J connectivity index is 2.05. The molecule has 0 radical (unpaired) electrons. The van der Waals surface area contributed by atoms with E-state index in [1.165, 1.54) is 25.7 Å². The molecule has 0 saturated heterocycles. The first-order valence-electron chi connectivity index (χ1n) is 6.45. The highest BCUT2D eigenvalue weighted by Gasteiger charge is 2.32. The van der Waals surface area contributed by atoms with Crippen molar-refractivity contribution < 1.29 is 0 Å².